The number of nitrogens with zero attached hydrogens (tertiary/aromatic N) is 2. The second-order valence-electron chi connectivity index (χ2n) is 4.46. The van der Waals surface area contributed by atoms with Gasteiger partial charge in [-0.15, -0.1) is 0 Å². The lowest BCUT2D eigenvalue weighted by atomic mass is 10.1. The fraction of sp³-hybridized carbons (Fsp3) is 0.769. The molecule has 1 heterocycles. The molecule has 0 aromatic carbocycles. The first-order valence-electron chi connectivity index (χ1n) is 6.54. The fourth-order valence-electron chi connectivity index (χ4n) is 1.89. The van der Waals surface area contributed by atoms with Crippen molar-refractivity contribution in [1.29, 1.82) is 0 Å². The third-order valence-electron chi connectivity index (χ3n) is 2.74. The second-order valence-corrected chi connectivity index (χ2v) is 4.46. The lowest BCUT2D eigenvalue weighted by Crippen LogP contribution is -2.26. The number of rotatable bonds is 8. The minimum absolute atomic E-state index is 0.160. The zero-order valence-corrected chi connectivity index (χ0v) is 11.3. The van der Waals surface area contributed by atoms with E-state index in [1.807, 2.05) is 11.6 Å². The summed E-state index contributed by atoms with van der Waals surface area (Å²) in [5.41, 5.74) is 8.40. The number of hydrogen-bond donors (Lipinski definition) is 1. The quantitative estimate of drug-likeness (QED) is 0.705. The van der Waals surface area contributed by atoms with Crippen molar-refractivity contribution in [1.82, 2.24) is 9.78 Å². The molecule has 4 nitrogen and oxygen atoms in total. The van der Waals surface area contributed by atoms with E-state index in [2.05, 4.69) is 25.0 Å². The van der Waals surface area contributed by atoms with Gasteiger partial charge < -0.3 is 10.5 Å². The predicted molar refractivity (Wildman–Crippen MR) is 70.0 cm³/mol. The number of hydrogen-bond acceptors (Lipinski definition) is 3. The van der Waals surface area contributed by atoms with Crippen LogP contribution in [-0.4, -0.2) is 29.0 Å². The Bertz CT molecular complexity index is 322. The highest BCUT2D eigenvalue weighted by Gasteiger charge is 2.09. The lowest BCUT2D eigenvalue weighted by molar-refractivity contribution is 0.127. The van der Waals surface area contributed by atoms with E-state index in [4.69, 9.17) is 10.5 Å². The van der Waals surface area contributed by atoms with E-state index >= 15 is 0 Å². The molecule has 4 heteroatoms. The van der Waals surface area contributed by atoms with Crippen LogP contribution >= 0.6 is 0 Å². The normalized spacial score (nSPS) is 12.9. The predicted octanol–water partition coefficient (Wildman–Crippen LogP) is 1.90. The summed E-state index contributed by atoms with van der Waals surface area (Å²) in [5, 5.41) is 4.42. The van der Waals surface area contributed by atoms with Gasteiger partial charge in [-0.05, 0) is 32.8 Å². The molecule has 1 unspecified atom stereocenters. The maximum Gasteiger partial charge on any atom is 0.0596 e. The second kappa shape index (κ2) is 7.45. The van der Waals surface area contributed by atoms with Gasteiger partial charge >= 0.3 is 0 Å². The largest absolute Gasteiger partial charge is 0.381 e. The molecule has 0 amide bonds. The molecule has 0 radical (unpaired) electrons. The number of aryl methyl sites for hydroxylation is 2. The monoisotopic (exact) mass is 239 g/mol. The molecule has 1 rings (SSSR count). The highest BCUT2D eigenvalue weighted by Crippen LogP contribution is 2.07. The van der Waals surface area contributed by atoms with Gasteiger partial charge in [0, 0.05) is 37.9 Å². The molecule has 0 spiro atoms. The molecule has 17 heavy (non-hydrogen) atoms. The average Bonchev–Trinajstić information content (AvgIpc) is 2.65. The first-order valence-corrected chi connectivity index (χ1v) is 6.54. The summed E-state index contributed by atoms with van der Waals surface area (Å²) < 4.78 is 7.48. The Morgan fingerprint density at radius 2 is 2.18 bits per heavy atom. The van der Waals surface area contributed by atoms with Crippen molar-refractivity contribution in [2.45, 2.75) is 52.6 Å². The molecule has 0 bridgehead atoms. The standard InChI is InChI=1S/C13H25N3O/c1-4-7-17-8-6-12(14)10-13-9-11(3)15-16(13)5-2/h9,12H,4-8,10,14H2,1-3H3. The average molecular weight is 239 g/mol. The number of aromatic nitrogens is 2. The Kier molecular flexibility index (Phi) is 6.22. The van der Waals surface area contributed by atoms with Crippen molar-refractivity contribution in [2.24, 2.45) is 5.73 Å². The molecule has 0 saturated heterocycles. The Labute approximate surface area is 104 Å². The van der Waals surface area contributed by atoms with Gasteiger partial charge in [0.15, 0.2) is 0 Å². The van der Waals surface area contributed by atoms with Gasteiger partial charge in [-0.1, -0.05) is 6.92 Å². The van der Waals surface area contributed by atoms with Gasteiger partial charge in [-0.3, -0.25) is 4.68 Å². The van der Waals surface area contributed by atoms with Crippen LogP contribution in [0.15, 0.2) is 6.07 Å². The van der Waals surface area contributed by atoms with Gasteiger partial charge in [-0.2, -0.15) is 5.10 Å². The maximum absolute atomic E-state index is 6.10. The summed E-state index contributed by atoms with van der Waals surface area (Å²) >= 11 is 0. The van der Waals surface area contributed by atoms with Crippen LogP contribution in [0.1, 0.15) is 38.1 Å². The van der Waals surface area contributed by atoms with E-state index in [9.17, 15) is 0 Å². The Morgan fingerprint density at radius 3 is 2.82 bits per heavy atom. The summed E-state index contributed by atoms with van der Waals surface area (Å²) in [6.07, 6.45) is 2.86. The van der Waals surface area contributed by atoms with E-state index in [1.165, 1.54) is 5.69 Å². The van der Waals surface area contributed by atoms with Crippen LogP contribution in [0.3, 0.4) is 0 Å². The van der Waals surface area contributed by atoms with Crippen LogP contribution in [0.5, 0.6) is 0 Å². The molecule has 0 fully saturated rings. The highest BCUT2D eigenvalue weighted by molar-refractivity contribution is 5.10. The maximum atomic E-state index is 6.10. The molecular formula is C13H25N3O. The van der Waals surface area contributed by atoms with Gasteiger partial charge in [-0.25, -0.2) is 0 Å². The van der Waals surface area contributed by atoms with Crippen LogP contribution in [0.4, 0.5) is 0 Å². The van der Waals surface area contributed by atoms with E-state index in [-0.39, 0.29) is 6.04 Å². The SMILES string of the molecule is CCCOCCC(N)Cc1cc(C)nn1CC. The molecule has 0 aliphatic carbocycles. The Hall–Kier alpha value is -0.870. The van der Waals surface area contributed by atoms with E-state index in [1.54, 1.807) is 0 Å². The smallest absolute Gasteiger partial charge is 0.0596 e. The van der Waals surface area contributed by atoms with E-state index in [0.29, 0.717) is 0 Å². The van der Waals surface area contributed by atoms with Crippen LogP contribution in [0.2, 0.25) is 0 Å². The summed E-state index contributed by atoms with van der Waals surface area (Å²) in [4.78, 5) is 0. The molecule has 2 N–H and O–H groups in total. The number of nitrogens with two attached hydrogens (primary N) is 1. The van der Waals surface area contributed by atoms with Gasteiger partial charge in [0.25, 0.3) is 0 Å². The molecule has 1 aromatic rings. The number of ether oxygens (including phenoxy) is 1. The first-order chi connectivity index (χ1) is 8.17. The molecule has 98 valence electrons. The van der Waals surface area contributed by atoms with Crippen molar-refractivity contribution < 1.29 is 4.74 Å². The van der Waals surface area contributed by atoms with Crippen molar-refractivity contribution in [3.8, 4) is 0 Å². The van der Waals surface area contributed by atoms with Crippen molar-refractivity contribution in [3.63, 3.8) is 0 Å². The topological polar surface area (TPSA) is 53.1 Å². The van der Waals surface area contributed by atoms with Gasteiger partial charge in [0.1, 0.15) is 0 Å². The van der Waals surface area contributed by atoms with Crippen molar-refractivity contribution in [2.75, 3.05) is 13.2 Å². The van der Waals surface area contributed by atoms with Crippen molar-refractivity contribution in [3.05, 3.63) is 17.5 Å². The van der Waals surface area contributed by atoms with Gasteiger partial charge in [0.05, 0.1) is 5.69 Å². The molecule has 0 saturated carbocycles. The summed E-state index contributed by atoms with van der Waals surface area (Å²) in [6.45, 7) is 8.73. The molecular weight excluding hydrogens is 214 g/mol. The van der Waals surface area contributed by atoms with Crippen molar-refractivity contribution >= 4 is 0 Å². The first kappa shape index (κ1) is 14.2. The third kappa shape index (κ3) is 4.88. The van der Waals surface area contributed by atoms with Crippen LogP contribution in [-0.2, 0) is 17.7 Å². The fourth-order valence-corrected chi connectivity index (χ4v) is 1.89. The van der Waals surface area contributed by atoms with E-state index in [0.717, 1.165) is 44.7 Å². The Morgan fingerprint density at radius 1 is 1.41 bits per heavy atom. The summed E-state index contributed by atoms with van der Waals surface area (Å²) in [7, 11) is 0. The zero-order chi connectivity index (χ0) is 12.7. The van der Waals surface area contributed by atoms with Gasteiger partial charge in [0.2, 0.25) is 0 Å². The molecule has 1 aromatic heterocycles. The summed E-state index contributed by atoms with van der Waals surface area (Å²) in [6, 6.07) is 2.28. The highest BCUT2D eigenvalue weighted by atomic mass is 16.5. The van der Waals surface area contributed by atoms with Crippen LogP contribution in [0.25, 0.3) is 0 Å². The minimum Gasteiger partial charge on any atom is -0.381 e. The zero-order valence-electron chi connectivity index (χ0n) is 11.3. The molecule has 0 aliphatic heterocycles. The van der Waals surface area contributed by atoms with Crippen LogP contribution in [0, 0.1) is 6.92 Å². The Balaban J connectivity index is 2.36. The van der Waals surface area contributed by atoms with E-state index < -0.39 is 0 Å². The molecule has 1 atom stereocenters. The lowest BCUT2D eigenvalue weighted by Gasteiger charge is -2.12. The minimum atomic E-state index is 0.160. The third-order valence-corrected chi connectivity index (χ3v) is 2.74. The molecule has 0 aliphatic rings. The van der Waals surface area contributed by atoms with Crippen LogP contribution < -0.4 is 5.73 Å². The summed E-state index contributed by atoms with van der Waals surface area (Å²) in [5.74, 6) is 0.